The molecular formula is C20H20N4O2. The van der Waals surface area contributed by atoms with Crippen LogP contribution in [0.15, 0.2) is 53.6 Å². The monoisotopic (exact) mass is 348 g/mol. The van der Waals surface area contributed by atoms with Crippen molar-refractivity contribution in [2.24, 2.45) is 0 Å². The first kappa shape index (κ1) is 16.3. The Morgan fingerprint density at radius 1 is 1.15 bits per heavy atom. The lowest BCUT2D eigenvalue weighted by Gasteiger charge is -2.30. The molecule has 0 bridgehead atoms. The van der Waals surface area contributed by atoms with E-state index in [0.29, 0.717) is 24.0 Å². The SMILES string of the molecule is Nc1cccc2c1CCCN2C(=O)CCn1cnc2ccccc2c1=O. The second kappa shape index (κ2) is 6.63. The Kier molecular flexibility index (Phi) is 4.16. The van der Waals surface area contributed by atoms with Gasteiger partial charge >= 0.3 is 0 Å². The van der Waals surface area contributed by atoms with Crippen LogP contribution in [0.25, 0.3) is 10.9 Å². The van der Waals surface area contributed by atoms with Crippen LogP contribution in [0.2, 0.25) is 0 Å². The Morgan fingerprint density at radius 2 is 2.00 bits per heavy atom. The Hall–Kier alpha value is -3.15. The number of carbonyl (C=O) groups excluding carboxylic acids is 1. The molecule has 0 unspecified atom stereocenters. The molecule has 0 atom stereocenters. The van der Waals surface area contributed by atoms with E-state index in [1.165, 1.54) is 10.9 Å². The number of nitrogens with zero attached hydrogens (tertiary/aromatic N) is 3. The van der Waals surface area contributed by atoms with Crippen LogP contribution >= 0.6 is 0 Å². The van der Waals surface area contributed by atoms with Crippen LogP contribution in [0.5, 0.6) is 0 Å². The number of anilines is 2. The van der Waals surface area contributed by atoms with Gasteiger partial charge in [0, 0.05) is 30.9 Å². The van der Waals surface area contributed by atoms with Crippen LogP contribution in [0.3, 0.4) is 0 Å². The van der Waals surface area contributed by atoms with E-state index >= 15 is 0 Å². The summed E-state index contributed by atoms with van der Waals surface area (Å²) in [5, 5.41) is 0.568. The highest BCUT2D eigenvalue weighted by atomic mass is 16.2. The summed E-state index contributed by atoms with van der Waals surface area (Å²) >= 11 is 0. The summed E-state index contributed by atoms with van der Waals surface area (Å²) in [4.78, 5) is 31.4. The van der Waals surface area contributed by atoms with E-state index in [1.54, 1.807) is 17.0 Å². The van der Waals surface area contributed by atoms with Crippen LogP contribution in [0, 0.1) is 0 Å². The third-order valence-electron chi connectivity index (χ3n) is 4.89. The van der Waals surface area contributed by atoms with Crippen LogP contribution in [-0.4, -0.2) is 22.0 Å². The van der Waals surface area contributed by atoms with Crippen molar-refractivity contribution in [3.63, 3.8) is 0 Å². The predicted molar refractivity (Wildman–Crippen MR) is 102 cm³/mol. The normalized spacial score (nSPS) is 13.6. The molecule has 4 rings (SSSR count). The highest BCUT2D eigenvalue weighted by Crippen LogP contribution is 2.31. The standard InChI is InChI=1S/C20H20N4O2/c21-16-7-3-9-18-14(16)6-4-11-24(18)19(25)10-12-23-13-22-17-8-2-1-5-15(17)20(23)26/h1-3,5,7-9,13H,4,6,10-12,21H2. The van der Waals surface area contributed by atoms with Gasteiger partial charge in [-0.2, -0.15) is 0 Å². The van der Waals surface area contributed by atoms with Gasteiger partial charge in [-0.1, -0.05) is 18.2 Å². The maximum Gasteiger partial charge on any atom is 0.261 e. The van der Waals surface area contributed by atoms with E-state index in [4.69, 9.17) is 5.73 Å². The Bertz CT molecular complexity index is 1040. The van der Waals surface area contributed by atoms with Crippen LogP contribution in [0.1, 0.15) is 18.4 Å². The number of amides is 1. The maximum atomic E-state index is 12.8. The number of hydrogen-bond donors (Lipinski definition) is 1. The van der Waals surface area contributed by atoms with Crippen molar-refractivity contribution in [2.45, 2.75) is 25.8 Å². The average molecular weight is 348 g/mol. The van der Waals surface area contributed by atoms with Crippen LogP contribution < -0.4 is 16.2 Å². The number of aromatic nitrogens is 2. The first-order valence-electron chi connectivity index (χ1n) is 8.77. The van der Waals surface area contributed by atoms with Crippen molar-refractivity contribution in [3.8, 4) is 0 Å². The van der Waals surface area contributed by atoms with Crippen molar-refractivity contribution in [3.05, 3.63) is 64.7 Å². The minimum absolute atomic E-state index is 0.00314. The summed E-state index contributed by atoms with van der Waals surface area (Å²) < 4.78 is 1.50. The number of aryl methyl sites for hydroxylation is 1. The molecule has 3 aromatic rings. The van der Waals surface area contributed by atoms with E-state index < -0.39 is 0 Å². The molecule has 1 aromatic heterocycles. The van der Waals surface area contributed by atoms with Crippen LogP contribution in [-0.2, 0) is 17.8 Å². The Balaban J connectivity index is 1.55. The Labute approximate surface area is 150 Å². The molecule has 132 valence electrons. The van der Waals surface area contributed by atoms with Gasteiger partial charge in [-0.15, -0.1) is 0 Å². The molecule has 1 aliphatic rings. The fraction of sp³-hybridized carbons (Fsp3) is 0.250. The van der Waals surface area contributed by atoms with Gasteiger partial charge in [0.05, 0.1) is 17.2 Å². The van der Waals surface area contributed by atoms with Gasteiger partial charge in [0.1, 0.15) is 0 Å². The highest BCUT2D eigenvalue weighted by Gasteiger charge is 2.23. The minimum Gasteiger partial charge on any atom is -0.398 e. The topological polar surface area (TPSA) is 81.2 Å². The number of para-hydroxylation sites is 1. The lowest BCUT2D eigenvalue weighted by molar-refractivity contribution is -0.118. The van der Waals surface area contributed by atoms with Gasteiger partial charge in [-0.25, -0.2) is 4.98 Å². The number of carbonyl (C=O) groups is 1. The van der Waals surface area contributed by atoms with Crippen molar-refractivity contribution in [1.82, 2.24) is 9.55 Å². The van der Waals surface area contributed by atoms with Gasteiger partial charge in [0.15, 0.2) is 0 Å². The third-order valence-corrected chi connectivity index (χ3v) is 4.89. The average Bonchev–Trinajstić information content (AvgIpc) is 2.67. The maximum absolute atomic E-state index is 12.8. The summed E-state index contributed by atoms with van der Waals surface area (Å²) in [7, 11) is 0. The van der Waals surface area contributed by atoms with Gasteiger partial charge < -0.3 is 10.6 Å². The highest BCUT2D eigenvalue weighted by molar-refractivity contribution is 5.95. The lowest BCUT2D eigenvalue weighted by atomic mass is 9.99. The predicted octanol–water partition coefficient (Wildman–Crippen LogP) is 2.35. The summed E-state index contributed by atoms with van der Waals surface area (Å²) in [6.45, 7) is 0.990. The van der Waals surface area contributed by atoms with E-state index in [1.807, 2.05) is 30.3 Å². The number of hydrogen-bond acceptors (Lipinski definition) is 4. The van der Waals surface area contributed by atoms with Crippen molar-refractivity contribution < 1.29 is 4.79 Å². The third kappa shape index (κ3) is 2.83. The Morgan fingerprint density at radius 3 is 2.88 bits per heavy atom. The molecule has 0 spiro atoms. The second-order valence-electron chi connectivity index (χ2n) is 6.50. The molecule has 0 radical (unpaired) electrons. The van der Waals surface area contributed by atoms with E-state index in [0.717, 1.165) is 29.8 Å². The fourth-order valence-corrected chi connectivity index (χ4v) is 3.53. The molecule has 0 fully saturated rings. The largest absolute Gasteiger partial charge is 0.398 e. The quantitative estimate of drug-likeness (QED) is 0.737. The summed E-state index contributed by atoms with van der Waals surface area (Å²) in [6.07, 6.45) is 3.54. The van der Waals surface area contributed by atoms with E-state index in [2.05, 4.69) is 4.98 Å². The molecule has 6 heteroatoms. The first-order valence-corrected chi connectivity index (χ1v) is 8.77. The summed E-state index contributed by atoms with van der Waals surface area (Å²) in [6, 6.07) is 12.9. The first-order chi connectivity index (χ1) is 12.6. The van der Waals surface area contributed by atoms with Crippen molar-refractivity contribution in [1.29, 1.82) is 0 Å². The van der Waals surface area contributed by atoms with Crippen molar-refractivity contribution in [2.75, 3.05) is 17.2 Å². The molecule has 0 saturated heterocycles. The summed E-state index contributed by atoms with van der Waals surface area (Å²) in [5.74, 6) is -0.00314. The molecule has 1 aliphatic heterocycles. The van der Waals surface area contributed by atoms with Crippen LogP contribution in [0.4, 0.5) is 11.4 Å². The zero-order valence-electron chi connectivity index (χ0n) is 14.4. The van der Waals surface area contributed by atoms with E-state index in [9.17, 15) is 9.59 Å². The smallest absolute Gasteiger partial charge is 0.261 e. The zero-order chi connectivity index (χ0) is 18.1. The van der Waals surface area contributed by atoms with Gasteiger partial charge in [0.2, 0.25) is 5.91 Å². The second-order valence-corrected chi connectivity index (χ2v) is 6.50. The number of benzene rings is 2. The molecule has 6 nitrogen and oxygen atoms in total. The number of rotatable bonds is 3. The molecule has 2 N–H and O–H groups in total. The molecule has 1 amide bonds. The van der Waals surface area contributed by atoms with Gasteiger partial charge in [0.25, 0.3) is 5.56 Å². The minimum atomic E-state index is -0.119. The molecule has 0 aliphatic carbocycles. The molecular weight excluding hydrogens is 328 g/mol. The fourth-order valence-electron chi connectivity index (χ4n) is 3.53. The van der Waals surface area contributed by atoms with Gasteiger partial charge in [-0.3, -0.25) is 14.2 Å². The van der Waals surface area contributed by atoms with Gasteiger partial charge in [-0.05, 0) is 42.7 Å². The molecule has 2 heterocycles. The lowest BCUT2D eigenvalue weighted by Crippen LogP contribution is -2.36. The molecule has 26 heavy (non-hydrogen) atoms. The zero-order valence-corrected chi connectivity index (χ0v) is 14.4. The molecule has 0 saturated carbocycles. The molecule has 2 aromatic carbocycles. The van der Waals surface area contributed by atoms with Crippen molar-refractivity contribution >= 4 is 28.2 Å². The number of nitrogen functional groups attached to an aromatic ring is 1. The summed E-state index contributed by atoms with van der Waals surface area (Å²) in [5.41, 5.74) is 9.26. The number of fused-ring (bicyclic) bond motifs is 2. The number of nitrogens with two attached hydrogens (primary N) is 1. The van der Waals surface area contributed by atoms with E-state index in [-0.39, 0.29) is 17.9 Å².